The van der Waals surface area contributed by atoms with Crippen molar-refractivity contribution in [2.75, 3.05) is 26.7 Å². The lowest BCUT2D eigenvalue weighted by Gasteiger charge is -2.37. The Morgan fingerprint density at radius 3 is 2.73 bits per heavy atom. The summed E-state index contributed by atoms with van der Waals surface area (Å²) in [7, 11) is 2.04. The van der Waals surface area contributed by atoms with E-state index in [-0.39, 0.29) is 18.6 Å². The Kier molecular flexibility index (Phi) is 6.16. The van der Waals surface area contributed by atoms with Gasteiger partial charge in [0.15, 0.2) is 0 Å². The molecule has 0 unspecified atom stereocenters. The third-order valence-electron chi connectivity index (χ3n) is 4.69. The topological polar surface area (TPSA) is 54.5 Å². The lowest BCUT2D eigenvalue weighted by molar-refractivity contribution is -0.139. The van der Waals surface area contributed by atoms with Crippen LogP contribution < -0.4 is 10.1 Å². The number of aromatic nitrogens is 1. The molecule has 1 aromatic rings. The maximum Gasteiger partial charge on any atom is 0.421 e. The molecule has 146 valence electrons. The molecule has 0 spiro atoms. The zero-order valence-corrected chi connectivity index (χ0v) is 15.6. The Morgan fingerprint density at radius 2 is 2.12 bits per heavy atom. The highest BCUT2D eigenvalue weighted by molar-refractivity contribution is 5.82. The monoisotopic (exact) mass is 373 g/mol. The molecule has 0 aliphatic carbocycles. The summed E-state index contributed by atoms with van der Waals surface area (Å²) in [5.74, 6) is -0.432. The number of carbonyl (C=O) groups excluding carboxylic acids is 1. The zero-order valence-electron chi connectivity index (χ0n) is 15.6. The zero-order chi connectivity index (χ0) is 19.5. The maximum absolute atomic E-state index is 13.0. The summed E-state index contributed by atoms with van der Waals surface area (Å²) in [4.78, 5) is 18.5. The van der Waals surface area contributed by atoms with Crippen molar-refractivity contribution in [3.05, 3.63) is 23.9 Å². The number of carbonyl (C=O) groups is 1. The van der Waals surface area contributed by atoms with Crippen LogP contribution in [-0.4, -0.2) is 48.6 Å². The molecule has 1 amide bonds. The average Bonchev–Trinajstić information content (AvgIpc) is 2.55. The van der Waals surface area contributed by atoms with E-state index in [1.165, 1.54) is 12.3 Å². The third-order valence-corrected chi connectivity index (χ3v) is 4.69. The quantitative estimate of drug-likeness (QED) is 0.862. The van der Waals surface area contributed by atoms with Gasteiger partial charge in [-0.25, -0.2) is 4.98 Å². The van der Waals surface area contributed by atoms with Gasteiger partial charge < -0.3 is 15.0 Å². The molecule has 5 nitrogen and oxygen atoms in total. The summed E-state index contributed by atoms with van der Waals surface area (Å²) in [6.07, 6.45) is -2.48. The fourth-order valence-electron chi connectivity index (χ4n) is 2.97. The van der Waals surface area contributed by atoms with E-state index in [2.05, 4.69) is 22.1 Å². The molecule has 0 aromatic carbocycles. The van der Waals surface area contributed by atoms with Crippen molar-refractivity contribution in [3.63, 3.8) is 0 Å². The number of rotatable bonds is 5. The number of piperidine rings is 1. The lowest BCUT2D eigenvalue weighted by atomic mass is 9.89. The summed E-state index contributed by atoms with van der Waals surface area (Å²) >= 11 is 0. The predicted octanol–water partition coefficient (Wildman–Crippen LogP) is 2.96. The summed E-state index contributed by atoms with van der Waals surface area (Å²) in [5, 5.41) is 3.02. The normalized spacial score (nSPS) is 22.1. The molecule has 1 aromatic heterocycles. The molecule has 0 saturated carbocycles. The van der Waals surface area contributed by atoms with Gasteiger partial charge in [0, 0.05) is 18.8 Å². The molecule has 0 bridgehead atoms. The van der Waals surface area contributed by atoms with Crippen LogP contribution in [0.15, 0.2) is 18.3 Å². The first-order chi connectivity index (χ1) is 12.0. The van der Waals surface area contributed by atoms with E-state index < -0.39 is 23.0 Å². The number of amides is 1. The van der Waals surface area contributed by atoms with E-state index in [1.807, 2.05) is 7.05 Å². The Balaban J connectivity index is 1.99. The van der Waals surface area contributed by atoms with Gasteiger partial charge in [-0.1, -0.05) is 6.92 Å². The van der Waals surface area contributed by atoms with Crippen molar-refractivity contribution in [1.82, 2.24) is 15.2 Å². The Morgan fingerprint density at radius 1 is 1.42 bits per heavy atom. The highest BCUT2D eigenvalue weighted by Gasteiger charge is 2.37. The Hall–Kier alpha value is -1.83. The van der Waals surface area contributed by atoms with E-state index in [4.69, 9.17) is 4.74 Å². The number of pyridine rings is 1. The first-order valence-electron chi connectivity index (χ1n) is 8.65. The SMILES string of the molecule is C[C@H]1CN(C)CC[C@H]1NC(=O)C(C)(C)COc1ncccc1C(F)(F)F. The number of halogens is 3. The number of nitrogens with one attached hydrogen (secondary N) is 1. The fraction of sp³-hybridized carbons (Fsp3) is 0.667. The van der Waals surface area contributed by atoms with Crippen LogP contribution in [0.3, 0.4) is 0 Å². The van der Waals surface area contributed by atoms with E-state index in [0.29, 0.717) is 5.92 Å². The van der Waals surface area contributed by atoms with Gasteiger partial charge in [0.2, 0.25) is 11.8 Å². The van der Waals surface area contributed by atoms with Gasteiger partial charge >= 0.3 is 6.18 Å². The summed E-state index contributed by atoms with van der Waals surface area (Å²) < 4.78 is 44.3. The molecular formula is C18H26F3N3O2. The first kappa shape index (κ1) is 20.5. The second kappa shape index (κ2) is 7.82. The second-order valence-corrected chi connectivity index (χ2v) is 7.63. The van der Waals surface area contributed by atoms with E-state index in [1.54, 1.807) is 13.8 Å². The molecule has 1 saturated heterocycles. The van der Waals surface area contributed by atoms with Crippen molar-refractivity contribution in [1.29, 1.82) is 0 Å². The van der Waals surface area contributed by atoms with Gasteiger partial charge in [0.05, 0.1) is 5.41 Å². The van der Waals surface area contributed by atoms with Gasteiger partial charge in [-0.2, -0.15) is 13.2 Å². The molecule has 1 aliphatic heterocycles. The van der Waals surface area contributed by atoms with Crippen LogP contribution in [0.4, 0.5) is 13.2 Å². The van der Waals surface area contributed by atoms with Gasteiger partial charge in [-0.3, -0.25) is 4.79 Å². The number of hydrogen-bond acceptors (Lipinski definition) is 4. The maximum atomic E-state index is 13.0. The van der Waals surface area contributed by atoms with E-state index in [0.717, 1.165) is 25.6 Å². The van der Waals surface area contributed by atoms with Crippen molar-refractivity contribution in [3.8, 4) is 5.88 Å². The number of hydrogen-bond donors (Lipinski definition) is 1. The van der Waals surface area contributed by atoms with Crippen LogP contribution >= 0.6 is 0 Å². The van der Waals surface area contributed by atoms with Crippen LogP contribution in [0.5, 0.6) is 5.88 Å². The number of likely N-dealkylation sites (tertiary alicyclic amines) is 1. The summed E-state index contributed by atoms with van der Waals surface area (Å²) in [6.45, 7) is 6.98. The molecule has 26 heavy (non-hydrogen) atoms. The molecule has 1 aliphatic rings. The molecule has 2 atom stereocenters. The van der Waals surface area contributed by atoms with Gasteiger partial charge in [0.25, 0.3) is 0 Å². The molecule has 2 rings (SSSR count). The molecular weight excluding hydrogens is 347 g/mol. The predicted molar refractivity (Wildman–Crippen MR) is 91.7 cm³/mol. The number of alkyl halides is 3. The van der Waals surface area contributed by atoms with Crippen LogP contribution in [0.1, 0.15) is 32.8 Å². The highest BCUT2D eigenvalue weighted by atomic mass is 19.4. The van der Waals surface area contributed by atoms with Gasteiger partial charge in [-0.05, 0) is 51.9 Å². The summed E-state index contributed by atoms with van der Waals surface area (Å²) in [6, 6.07) is 2.17. The molecule has 0 radical (unpaired) electrons. The van der Waals surface area contributed by atoms with E-state index >= 15 is 0 Å². The van der Waals surface area contributed by atoms with Gasteiger partial charge in [-0.15, -0.1) is 0 Å². The second-order valence-electron chi connectivity index (χ2n) is 7.63. The minimum Gasteiger partial charge on any atom is -0.476 e. The van der Waals surface area contributed by atoms with Crippen molar-refractivity contribution >= 4 is 5.91 Å². The molecule has 1 fully saturated rings. The van der Waals surface area contributed by atoms with Crippen LogP contribution in [0.25, 0.3) is 0 Å². The smallest absolute Gasteiger partial charge is 0.421 e. The number of nitrogens with zero attached hydrogens (tertiary/aromatic N) is 2. The average molecular weight is 373 g/mol. The fourth-order valence-corrected chi connectivity index (χ4v) is 2.97. The van der Waals surface area contributed by atoms with Crippen LogP contribution in [0, 0.1) is 11.3 Å². The molecule has 1 N–H and O–H groups in total. The third kappa shape index (κ3) is 5.09. The molecule has 2 heterocycles. The lowest BCUT2D eigenvalue weighted by Crippen LogP contribution is -2.52. The minimum absolute atomic E-state index is 0.0542. The summed E-state index contributed by atoms with van der Waals surface area (Å²) in [5.41, 5.74) is -1.93. The van der Waals surface area contributed by atoms with E-state index in [9.17, 15) is 18.0 Å². The minimum atomic E-state index is -4.56. The standard InChI is InChI=1S/C18H26F3N3O2/c1-12-10-24(4)9-7-14(12)23-16(25)17(2,3)11-26-15-13(18(19,20)21)6-5-8-22-15/h5-6,8,12,14H,7,9-11H2,1-4H3,(H,23,25)/t12-,14+/m0/s1. The van der Waals surface area contributed by atoms with Gasteiger partial charge in [0.1, 0.15) is 12.2 Å². The number of ether oxygens (including phenoxy) is 1. The Bertz CT molecular complexity index is 634. The van der Waals surface area contributed by atoms with Crippen molar-refractivity contribution in [2.45, 2.75) is 39.4 Å². The molecule has 8 heteroatoms. The van der Waals surface area contributed by atoms with Crippen LogP contribution in [-0.2, 0) is 11.0 Å². The largest absolute Gasteiger partial charge is 0.476 e. The highest BCUT2D eigenvalue weighted by Crippen LogP contribution is 2.35. The van der Waals surface area contributed by atoms with Crippen LogP contribution in [0.2, 0.25) is 0 Å². The Labute approximate surface area is 151 Å². The first-order valence-corrected chi connectivity index (χ1v) is 8.65. The van der Waals surface area contributed by atoms with Crippen molar-refractivity contribution < 1.29 is 22.7 Å². The van der Waals surface area contributed by atoms with Crippen molar-refractivity contribution in [2.24, 2.45) is 11.3 Å².